The van der Waals surface area contributed by atoms with Gasteiger partial charge in [-0.15, -0.1) is 0 Å². The van der Waals surface area contributed by atoms with E-state index in [0.717, 1.165) is 24.0 Å². The van der Waals surface area contributed by atoms with Crippen LogP contribution >= 0.6 is 0 Å². The van der Waals surface area contributed by atoms with Crippen LogP contribution in [-0.4, -0.2) is 32.1 Å². The zero-order valence-electron chi connectivity index (χ0n) is 15.6. The number of benzene rings is 2. The molecule has 6 nitrogen and oxygen atoms in total. The summed E-state index contributed by atoms with van der Waals surface area (Å²) in [6.45, 7) is 0. The van der Waals surface area contributed by atoms with Crippen LogP contribution in [0.3, 0.4) is 0 Å². The second kappa shape index (κ2) is 8.58. The zero-order valence-corrected chi connectivity index (χ0v) is 15.6. The Bertz CT molecular complexity index is 813. The van der Waals surface area contributed by atoms with Crippen molar-refractivity contribution < 1.29 is 19.1 Å². The number of amides is 2. The van der Waals surface area contributed by atoms with Crippen molar-refractivity contribution in [3.8, 4) is 11.5 Å². The quantitative estimate of drug-likeness (QED) is 0.751. The van der Waals surface area contributed by atoms with E-state index in [1.54, 1.807) is 26.4 Å². The Labute approximate surface area is 158 Å². The molecule has 0 spiro atoms. The van der Waals surface area contributed by atoms with Crippen LogP contribution in [0.15, 0.2) is 42.5 Å². The highest BCUT2D eigenvalue weighted by atomic mass is 16.5. The maximum absolute atomic E-state index is 12.3. The summed E-state index contributed by atoms with van der Waals surface area (Å²) in [5.74, 6) is 1.14. The molecule has 0 radical (unpaired) electrons. The Balaban J connectivity index is 1.53. The van der Waals surface area contributed by atoms with Crippen LogP contribution in [0.1, 0.15) is 24.0 Å². The van der Waals surface area contributed by atoms with E-state index in [1.165, 1.54) is 0 Å². The molecule has 0 bridgehead atoms. The number of carbonyl (C=O) groups excluding carboxylic acids is 2. The highest BCUT2D eigenvalue weighted by molar-refractivity contribution is 5.92. The van der Waals surface area contributed by atoms with E-state index in [1.807, 2.05) is 30.3 Å². The molecule has 2 amide bonds. The van der Waals surface area contributed by atoms with Crippen LogP contribution in [0.2, 0.25) is 0 Å². The fraction of sp³-hybridized carbons (Fsp3) is 0.333. The molecule has 2 N–H and O–H groups in total. The first-order valence-electron chi connectivity index (χ1n) is 8.96. The number of hydrogen-bond donors (Lipinski definition) is 2. The minimum absolute atomic E-state index is 0.0442. The molecule has 2 aromatic carbocycles. The van der Waals surface area contributed by atoms with E-state index in [9.17, 15) is 9.59 Å². The lowest BCUT2D eigenvalue weighted by Crippen LogP contribution is -2.26. The topological polar surface area (TPSA) is 76.7 Å². The second-order valence-corrected chi connectivity index (χ2v) is 6.63. The van der Waals surface area contributed by atoms with Crippen LogP contribution in [0, 0.1) is 0 Å². The Kier molecular flexibility index (Phi) is 5.96. The lowest BCUT2D eigenvalue weighted by molar-refractivity contribution is -0.120. The maximum atomic E-state index is 12.3. The van der Waals surface area contributed by atoms with Crippen molar-refractivity contribution in [2.45, 2.75) is 31.7 Å². The van der Waals surface area contributed by atoms with Crippen molar-refractivity contribution in [3.05, 3.63) is 53.6 Å². The summed E-state index contributed by atoms with van der Waals surface area (Å²) in [4.78, 5) is 24.1. The highest BCUT2D eigenvalue weighted by Gasteiger charge is 2.23. The molecule has 0 aromatic heterocycles. The Morgan fingerprint density at radius 1 is 0.889 bits per heavy atom. The number of methoxy groups -OCH3 is 2. The fourth-order valence-electron chi connectivity index (χ4n) is 2.78. The SMILES string of the molecule is COc1ccc(CC(=O)Nc2ccc(CC(=O)NC3CC3)cc2)cc1OC. The smallest absolute Gasteiger partial charge is 0.228 e. The van der Waals surface area contributed by atoms with Gasteiger partial charge in [-0.25, -0.2) is 0 Å². The second-order valence-electron chi connectivity index (χ2n) is 6.63. The molecule has 2 aromatic rings. The Morgan fingerprint density at radius 3 is 2.15 bits per heavy atom. The van der Waals surface area contributed by atoms with Crippen LogP contribution in [0.25, 0.3) is 0 Å². The van der Waals surface area contributed by atoms with Gasteiger partial charge in [-0.05, 0) is 48.2 Å². The first-order valence-corrected chi connectivity index (χ1v) is 8.96. The van der Waals surface area contributed by atoms with Crippen molar-refractivity contribution in [2.24, 2.45) is 0 Å². The molecule has 3 rings (SSSR count). The Hall–Kier alpha value is -3.02. The van der Waals surface area contributed by atoms with Gasteiger partial charge in [-0.1, -0.05) is 18.2 Å². The van der Waals surface area contributed by atoms with E-state index in [-0.39, 0.29) is 18.2 Å². The summed E-state index contributed by atoms with van der Waals surface area (Å²) in [5, 5.41) is 5.83. The molecular formula is C21H24N2O4. The van der Waals surface area contributed by atoms with Crippen LogP contribution < -0.4 is 20.1 Å². The number of anilines is 1. The summed E-state index contributed by atoms with van der Waals surface area (Å²) < 4.78 is 10.5. The minimum Gasteiger partial charge on any atom is -0.493 e. The van der Waals surface area contributed by atoms with Gasteiger partial charge in [-0.3, -0.25) is 9.59 Å². The third-order valence-electron chi connectivity index (χ3n) is 4.36. The van der Waals surface area contributed by atoms with Crippen LogP contribution in [0.4, 0.5) is 5.69 Å². The number of nitrogens with one attached hydrogen (secondary N) is 2. The van der Waals surface area contributed by atoms with Gasteiger partial charge in [0.1, 0.15) is 0 Å². The van der Waals surface area contributed by atoms with E-state index in [4.69, 9.17) is 9.47 Å². The normalized spacial score (nSPS) is 13.0. The maximum Gasteiger partial charge on any atom is 0.228 e. The third kappa shape index (κ3) is 5.48. The van der Waals surface area contributed by atoms with Gasteiger partial charge >= 0.3 is 0 Å². The molecule has 0 saturated heterocycles. The number of carbonyl (C=O) groups is 2. The number of rotatable bonds is 8. The highest BCUT2D eigenvalue weighted by Crippen LogP contribution is 2.27. The van der Waals surface area contributed by atoms with E-state index in [2.05, 4.69) is 10.6 Å². The summed E-state index contributed by atoms with van der Waals surface area (Å²) >= 11 is 0. The van der Waals surface area contributed by atoms with Gasteiger partial charge in [0.15, 0.2) is 11.5 Å². The molecule has 142 valence electrons. The molecule has 0 unspecified atom stereocenters. The van der Waals surface area contributed by atoms with E-state index < -0.39 is 0 Å². The average molecular weight is 368 g/mol. The van der Waals surface area contributed by atoms with Crippen LogP contribution in [0.5, 0.6) is 11.5 Å². The fourth-order valence-corrected chi connectivity index (χ4v) is 2.78. The van der Waals surface area contributed by atoms with Crippen molar-refractivity contribution >= 4 is 17.5 Å². The molecule has 6 heteroatoms. The molecule has 0 aliphatic heterocycles. The van der Waals surface area contributed by atoms with Crippen molar-refractivity contribution in [3.63, 3.8) is 0 Å². The van der Waals surface area contributed by atoms with Crippen molar-refractivity contribution in [2.75, 3.05) is 19.5 Å². The van der Waals surface area contributed by atoms with Gasteiger partial charge < -0.3 is 20.1 Å². The van der Waals surface area contributed by atoms with Gasteiger partial charge in [0.05, 0.1) is 27.1 Å². The first kappa shape index (κ1) is 18.8. The monoisotopic (exact) mass is 368 g/mol. The molecule has 0 atom stereocenters. The first-order chi connectivity index (χ1) is 13.1. The predicted octanol–water partition coefficient (Wildman–Crippen LogP) is 2.71. The van der Waals surface area contributed by atoms with Crippen molar-refractivity contribution in [1.82, 2.24) is 5.32 Å². The summed E-state index contributed by atoms with van der Waals surface area (Å²) in [6.07, 6.45) is 2.75. The summed E-state index contributed by atoms with van der Waals surface area (Å²) in [5.41, 5.74) is 2.45. The largest absolute Gasteiger partial charge is 0.493 e. The molecule has 1 fully saturated rings. The molecule has 1 saturated carbocycles. The average Bonchev–Trinajstić information content (AvgIpc) is 3.47. The van der Waals surface area contributed by atoms with Gasteiger partial charge in [0, 0.05) is 11.7 Å². The lowest BCUT2D eigenvalue weighted by Gasteiger charge is -2.10. The van der Waals surface area contributed by atoms with Gasteiger partial charge in [-0.2, -0.15) is 0 Å². The van der Waals surface area contributed by atoms with Gasteiger partial charge in [0.25, 0.3) is 0 Å². The van der Waals surface area contributed by atoms with Crippen molar-refractivity contribution in [1.29, 1.82) is 0 Å². The van der Waals surface area contributed by atoms with Gasteiger partial charge in [0.2, 0.25) is 11.8 Å². The third-order valence-corrected chi connectivity index (χ3v) is 4.36. The van der Waals surface area contributed by atoms with E-state index in [0.29, 0.717) is 29.6 Å². The molecular weight excluding hydrogens is 344 g/mol. The molecule has 0 heterocycles. The predicted molar refractivity (Wildman–Crippen MR) is 103 cm³/mol. The summed E-state index contributed by atoms with van der Waals surface area (Å²) in [7, 11) is 3.14. The standard InChI is InChI=1S/C21H24N2O4/c1-26-18-10-5-15(11-19(18)27-2)13-21(25)22-16-6-3-14(4-7-16)12-20(24)23-17-8-9-17/h3-7,10-11,17H,8-9,12-13H2,1-2H3,(H,22,25)(H,23,24). The molecule has 27 heavy (non-hydrogen) atoms. The lowest BCUT2D eigenvalue weighted by atomic mass is 10.1. The molecule has 1 aliphatic carbocycles. The number of hydrogen-bond acceptors (Lipinski definition) is 4. The minimum atomic E-state index is -0.124. The number of ether oxygens (including phenoxy) is 2. The van der Waals surface area contributed by atoms with Crippen LogP contribution in [-0.2, 0) is 22.4 Å². The zero-order chi connectivity index (χ0) is 19.2. The Morgan fingerprint density at radius 2 is 1.52 bits per heavy atom. The summed E-state index contributed by atoms with van der Waals surface area (Å²) in [6, 6.07) is 13.1. The molecule has 1 aliphatic rings. The van der Waals surface area contributed by atoms with E-state index >= 15 is 0 Å².